The molecule has 0 spiro atoms. The quantitative estimate of drug-likeness (QED) is 0.186. The monoisotopic (exact) mass is 650 g/mol. The molecule has 2 heterocycles. The number of benzene rings is 4. The molecular formula is C41H47O5P. The third-order valence-electron chi connectivity index (χ3n) is 10.3. The molecular weight excluding hydrogens is 603 g/mol. The van der Waals surface area contributed by atoms with Gasteiger partial charge in [-0.3, -0.25) is 9.05 Å². The minimum absolute atomic E-state index is 0.00503. The largest absolute Gasteiger partial charge is 0.341 e. The van der Waals surface area contributed by atoms with E-state index < -0.39 is 37.8 Å². The van der Waals surface area contributed by atoms with Gasteiger partial charge in [0.25, 0.3) is 0 Å². The Balaban J connectivity index is 1.51. The highest BCUT2D eigenvalue weighted by atomic mass is 31.2. The molecule has 0 unspecified atom stereocenters. The van der Waals surface area contributed by atoms with Crippen LogP contribution in [0.4, 0.5) is 0 Å². The molecule has 5 nitrogen and oxygen atoms in total. The Bertz CT molecular complexity index is 1410. The van der Waals surface area contributed by atoms with Crippen LogP contribution >= 0.6 is 8.60 Å². The fraction of sp³-hybridized carbons (Fsp3) is 0.415. The van der Waals surface area contributed by atoms with Crippen molar-refractivity contribution in [3.63, 3.8) is 0 Å². The Morgan fingerprint density at radius 1 is 0.617 bits per heavy atom. The summed E-state index contributed by atoms with van der Waals surface area (Å²) >= 11 is 0. The van der Waals surface area contributed by atoms with Gasteiger partial charge in [0.1, 0.15) is 12.2 Å². The van der Waals surface area contributed by atoms with Gasteiger partial charge in [-0.05, 0) is 66.7 Å². The summed E-state index contributed by atoms with van der Waals surface area (Å²) in [7, 11) is -1.98. The number of ether oxygens (including phenoxy) is 2. The van der Waals surface area contributed by atoms with Crippen LogP contribution in [0.2, 0.25) is 0 Å². The van der Waals surface area contributed by atoms with Crippen LogP contribution in [0.15, 0.2) is 121 Å². The molecule has 2 saturated heterocycles. The van der Waals surface area contributed by atoms with E-state index in [1.165, 1.54) is 6.42 Å². The fourth-order valence-corrected chi connectivity index (χ4v) is 9.73. The van der Waals surface area contributed by atoms with Crippen LogP contribution in [-0.4, -0.2) is 24.1 Å². The molecule has 7 rings (SSSR count). The fourth-order valence-electron chi connectivity index (χ4n) is 8.05. The van der Waals surface area contributed by atoms with E-state index in [0.29, 0.717) is 17.8 Å². The minimum Gasteiger partial charge on any atom is -0.341 e. The van der Waals surface area contributed by atoms with Crippen molar-refractivity contribution in [1.29, 1.82) is 0 Å². The van der Waals surface area contributed by atoms with Gasteiger partial charge in [0.15, 0.2) is 17.0 Å². The van der Waals surface area contributed by atoms with E-state index in [9.17, 15) is 0 Å². The zero-order valence-corrected chi connectivity index (χ0v) is 29.0. The second-order valence-electron chi connectivity index (χ2n) is 14.3. The van der Waals surface area contributed by atoms with E-state index in [4.69, 9.17) is 23.0 Å². The average molecular weight is 651 g/mol. The molecule has 0 aromatic heterocycles. The molecule has 0 amide bonds. The first-order valence-corrected chi connectivity index (χ1v) is 18.3. The van der Waals surface area contributed by atoms with Crippen molar-refractivity contribution >= 4 is 8.60 Å². The number of fused-ring (bicyclic) bond motifs is 1. The number of rotatable bonds is 7. The maximum atomic E-state index is 7.56. The summed E-state index contributed by atoms with van der Waals surface area (Å²) in [5, 5.41) is 0. The molecule has 246 valence electrons. The molecule has 4 aromatic rings. The van der Waals surface area contributed by atoms with E-state index in [0.717, 1.165) is 35.1 Å². The normalized spacial score (nSPS) is 28.4. The van der Waals surface area contributed by atoms with E-state index in [2.05, 4.69) is 118 Å². The van der Waals surface area contributed by atoms with Crippen molar-refractivity contribution < 1.29 is 23.0 Å². The predicted octanol–water partition coefficient (Wildman–Crippen LogP) is 10.1. The van der Waals surface area contributed by atoms with E-state index in [1.807, 2.05) is 38.1 Å². The molecule has 0 N–H and O–H groups in total. The molecule has 47 heavy (non-hydrogen) atoms. The average Bonchev–Trinajstić information content (AvgIpc) is 3.37. The van der Waals surface area contributed by atoms with Gasteiger partial charge in [0.2, 0.25) is 0 Å². The smallest absolute Gasteiger partial charge is 0.335 e. The highest BCUT2D eigenvalue weighted by Gasteiger charge is 2.67. The van der Waals surface area contributed by atoms with Gasteiger partial charge >= 0.3 is 8.60 Å². The second kappa shape index (κ2) is 13.2. The summed E-state index contributed by atoms with van der Waals surface area (Å²) in [5.74, 6) is 0.515. The first-order chi connectivity index (χ1) is 22.7. The molecule has 1 saturated carbocycles. The lowest BCUT2D eigenvalue weighted by Crippen LogP contribution is -2.53. The summed E-state index contributed by atoms with van der Waals surface area (Å²) < 4.78 is 36.6. The maximum Gasteiger partial charge on any atom is 0.335 e. The van der Waals surface area contributed by atoms with E-state index in [-0.39, 0.29) is 6.10 Å². The van der Waals surface area contributed by atoms with Crippen LogP contribution in [-0.2, 0) is 34.2 Å². The Labute approximate surface area is 281 Å². The van der Waals surface area contributed by atoms with Crippen LogP contribution < -0.4 is 0 Å². The molecule has 5 atom stereocenters. The van der Waals surface area contributed by atoms with Crippen molar-refractivity contribution in [3.8, 4) is 0 Å². The Kier molecular flexibility index (Phi) is 9.17. The van der Waals surface area contributed by atoms with E-state index in [1.54, 1.807) is 0 Å². The molecule has 3 fully saturated rings. The highest BCUT2D eigenvalue weighted by molar-refractivity contribution is 7.41. The lowest BCUT2D eigenvalue weighted by Gasteiger charge is -2.42. The molecule has 0 bridgehead atoms. The van der Waals surface area contributed by atoms with Gasteiger partial charge < -0.3 is 14.0 Å². The summed E-state index contributed by atoms with van der Waals surface area (Å²) in [6.07, 6.45) is 2.08. The zero-order chi connectivity index (χ0) is 32.6. The third kappa shape index (κ3) is 6.01. The molecule has 2 aliphatic heterocycles. The van der Waals surface area contributed by atoms with Crippen molar-refractivity contribution in [2.24, 2.45) is 17.8 Å². The Morgan fingerprint density at radius 2 is 1.00 bits per heavy atom. The number of hydrogen-bond donors (Lipinski definition) is 0. The van der Waals surface area contributed by atoms with Gasteiger partial charge in [-0.2, -0.15) is 0 Å². The van der Waals surface area contributed by atoms with Crippen LogP contribution in [0, 0.1) is 17.8 Å². The maximum absolute atomic E-state index is 7.56. The second-order valence-corrected chi connectivity index (χ2v) is 15.3. The van der Waals surface area contributed by atoms with Crippen LogP contribution in [0.3, 0.4) is 0 Å². The van der Waals surface area contributed by atoms with Crippen molar-refractivity contribution in [1.82, 2.24) is 0 Å². The molecule has 6 heteroatoms. The Hall–Kier alpha value is -2.89. The first kappa shape index (κ1) is 32.6. The predicted molar refractivity (Wildman–Crippen MR) is 186 cm³/mol. The van der Waals surface area contributed by atoms with Gasteiger partial charge in [0, 0.05) is 0 Å². The standard InChI is InChI=1S/C41H47O5P/c1-29(2)35-27-26-30(3)28-36(35)44-47-45-40(31-18-10-6-11-19-31,32-20-12-7-13-21-32)37-38(43-39(4,5)42-37)41(46-47,33-22-14-8-15-23-33)34-24-16-9-17-25-34/h6-25,29-30,35-38H,26-28H2,1-5H3/t30-,35+,36-,37-,38-/m0/s1. The van der Waals surface area contributed by atoms with Crippen LogP contribution in [0.25, 0.3) is 0 Å². The van der Waals surface area contributed by atoms with Crippen molar-refractivity contribution in [2.45, 2.75) is 89.2 Å². The van der Waals surface area contributed by atoms with Crippen molar-refractivity contribution in [2.75, 3.05) is 0 Å². The van der Waals surface area contributed by atoms with Gasteiger partial charge in [0.05, 0.1) is 6.10 Å². The minimum atomic E-state index is -1.98. The summed E-state index contributed by atoms with van der Waals surface area (Å²) in [6.45, 7) is 10.9. The van der Waals surface area contributed by atoms with Gasteiger partial charge in [-0.25, -0.2) is 0 Å². The molecule has 3 aliphatic rings. The van der Waals surface area contributed by atoms with Crippen LogP contribution in [0.1, 0.15) is 76.1 Å². The van der Waals surface area contributed by atoms with E-state index >= 15 is 0 Å². The summed E-state index contributed by atoms with van der Waals surface area (Å²) in [4.78, 5) is 0. The number of hydrogen-bond acceptors (Lipinski definition) is 5. The molecule has 0 radical (unpaired) electrons. The lowest BCUT2D eigenvalue weighted by molar-refractivity contribution is -0.177. The lowest BCUT2D eigenvalue weighted by atomic mass is 9.72. The topological polar surface area (TPSA) is 46.2 Å². The SMILES string of the molecule is CC(C)[C@H]1CC[C@H](C)C[C@@H]1OP1OC(c2ccccc2)(c2ccccc2)[C@H]2OC(C)(C)O[C@@H]2C(c2ccccc2)(c2ccccc2)O1. The highest BCUT2D eigenvalue weighted by Crippen LogP contribution is 2.66. The Morgan fingerprint density at radius 3 is 1.36 bits per heavy atom. The zero-order valence-electron chi connectivity index (χ0n) is 28.1. The first-order valence-electron chi connectivity index (χ1n) is 17.2. The van der Waals surface area contributed by atoms with Gasteiger partial charge in [-0.1, -0.05) is 149 Å². The van der Waals surface area contributed by atoms with Crippen molar-refractivity contribution in [3.05, 3.63) is 144 Å². The molecule has 1 aliphatic carbocycles. The molecule has 4 aromatic carbocycles. The van der Waals surface area contributed by atoms with Gasteiger partial charge in [-0.15, -0.1) is 0 Å². The summed E-state index contributed by atoms with van der Waals surface area (Å²) in [5.41, 5.74) is 1.66. The third-order valence-corrected chi connectivity index (χ3v) is 11.6. The summed E-state index contributed by atoms with van der Waals surface area (Å²) in [6, 6.07) is 41.7. The van der Waals surface area contributed by atoms with Crippen LogP contribution in [0.5, 0.6) is 0 Å².